The van der Waals surface area contributed by atoms with E-state index in [-0.39, 0.29) is 23.5 Å². The third-order valence-corrected chi connectivity index (χ3v) is 15.4. The standard InChI is InChI=1S/C40H50N2O8Si/c1-26-23-42(37(44)41-35(26)43)36-33-27(2)24-47-39(49-36,34(33)50-51(8,9)38(3,4)5)25-48-40(28-13-11-10-12-14-28,29-15-19-31(45-6)20-16-29)30-17-21-32(46-7)22-18-30/h10-23,27,33-34,36H,24-25H2,1-9H3,(H,41,43,44)/t27-,33-,34+,36-,39-/m1/s1. The van der Waals surface area contributed by atoms with Gasteiger partial charge in [0.25, 0.3) is 5.56 Å². The minimum atomic E-state index is -2.45. The van der Waals surface area contributed by atoms with Gasteiger partial charge < -0.3 is 28.1 Å². The smallest absolute Gasteiger partial charge is 0.330 e. The highest BCUT2D eigenvalue weighted by molar-refractivity contribution is 6.74. The summed E-state index contributed by atoms with van der Waals surface area (Å²) in [5.41, 5.74) is 0.892. The summed E-state index contributed by atoms with van der Waals surface area (Å²) < 4.78 is 41.0. The van der Waals surface area contributed by atoms with Gasteiger partial charge in [-0.2, -0.15) is 0 Å². The third-order valence-electron chi connectivity index (χ3n) is 11.0. The Labute approximate surface area is 300 Å². The lowest BCUT2D eigenvalue weighted by molar-refractivity contribution is -0.300. The molecule has 4 aromatic rings. The van der Waals surface area contributed by atoms with Gasteiger partial charge in [0.15, 0.2) is 8.32 Å². The van der Waals surface area contributed by atoms with E-state index >= 15 is 0 Å². The molecule has 11 heteroatoms. The number of aryl methyl sites for hydroxylation is 1. The number of fused-ring (bicyclic) bond motifs is 2. The van der Waals surface area contributed by atoms with Crippen molar-refractivity contribution in [2.45, 2.75) is 76.5 Å². The molecular weight excluding hydrogens is 665 g/mol. The van der Waals surface area contributed by atoms with Crippen LogP contribution in [0.3, 0.4) is 0 Å². The van der Waals surface area contributed by atoms with Crippen LogP contribution in [0.4, 0.5) is 0 Å². The minimum absolute atomic E-state index is 0.0402. The van der Waals surface area contributed by atoms with Crippen molar-refractivity contribution in [3.05, 3.63) is 128 Å². The van der Waals surface area contributed by atoms with Crippen LogP contribution in [0.2, 0.25) is 18.1 Å². The van der Waals surface area contributed by atoms with Gasteiger partial charge in [-0.05, 0) is 71.9 Å². The number of rotatable bonds is 11. The summed E-state index contributed by atoms with van der Waals surface area (Å²) in [4.78, 5) is 28.3. The molecule has 1 aromatic heterocycles. The number of aromatic nitrogens is 2. The number of benzene rings is 3. The van der Waals surface area contributed by atoms with Crippen molar-refractivity contribution in [2.24, 2.45) is 11.8 Å². The molecule has 2 bridgehead atoms. The molecule has 2 aliphatic rings. The fourth-order valence-electron chi connectivity index (χ4n) is 6.99. The number of methoxy groups -OCH3 is 2. The average molecular weight is 715 g/mol. The number of ether oxygens (including phenoxy) is 5. The topological polar surface area (TPSA) is 110 Å². The quantitative estimate of drug-likeness (QED) is 0.134. The van der Waals surface area contributed by atoms with Crippen molar-refractivity contribution in [3.63, 3.8) is 0 Å². The van der Waals surface area contributed by atoms with Gasteiger partial charge in [0, 0.05) is 17.7 Å². The van der Waals surface area contributed by atoms with Crippen molar-refractivity contribution in [1.82, 2.24) is 9.55 Å². The summed E-state index contributed by atoms with van der Waals surface area (Å²) in [6.45, 7) is 15.1. The molecule has 0 aliphatic carbocycles. The first-order chi connectivity index (χ1) is 24.2. The molecule has 0 unspecified atom stereocenters. The van der Waals surface area contributed by atoms with Gasteiger partial charge in [-0.3, -0.25) is 14.3 Å². The average Bonchev–Trinajstić information content (AvgIpc) is 3.33. The molecule has 2 fully saturated rings. The first-order valence-electron chi connectivity index (χ1n) is 17.5. The van der Waals surface area contributed by atoms with Crippen molar-refractivity contribution in [2.75, 3.05) is 27.4 Å². The number of hydrogen-bond acceptors (Lipinski definition) is 8. The van der Waals surface area contributed by atoms with Gasteiger partial charge >= 0.3 is 5.69 Å². The fourth-order valence-corrected chi connectivity index (χ4v) is 8.32. The summed E-state index contributed by atoms with van der Waals surface area (Å²) in [6.07, 6.45) is 0.198. The summed E-state index contributed by atoms with van der Waals surface area (Å²) >= 11 is 0. The molecule has 6 rings (SSSR count). The van der Waals surface area contributed by atoms with E-state index in [4.69, 9.17) is 28.1 Å². The largest absolute Gasteiger partial charge is 0.497 e. The Morgan fingerprint density at radius 2 is 1.43 bits per heavy atom. The summed E-state index contributed by atoms with van der Waals surface area (Å²) in [5.74, 6) is -0.296. The molecule has 0 saturated carbocycles. The van der Waals surface area contributed by atoms with E-state index in [1.165, 1.54) is 4.57 Å². The van der Waals surface area contributed by atoms with Crippen LogP contribution in [-0.2, 0) is 24.2 Å². The van der Waals surface area contributed by atoms with Crippen LogP contribution in [0.5, 0.6) is 11.5 Å². The maximum absolute atomic E-state index is 13.4. The van der Waals surface area contributed by atoms with E-state index in [1.54, 1.807) is 27.3 Å². The van der Waals surface area contributed by atoms with E-state index < -0.39 is 43.3 Å². The molecule has 3 heterocycles. The van der Waals surface area contributed by atoms with Gasteiger partial charge in [-0.1, -0.05) is 82.3 Å². The van der Waals surface area contributed by atoms with E-state index in [0.29, 0.717) is 23.7 Å². The zero-order valence-corrected chi connectivity index (χ0v) is 32.0. The van der Waals surface area contributed by atoms with Gasteiger partial charge in [0.1, 0.15) is 36.0 Å². The Hall–Kier alpha value is -4.00. The Morgan fingerprint density at radius 3 is 1.96 bits per heavy atom. The van der Waals surface area contributed by atoms with Crippen LogP contribution in [0.15, 0.2) is 94.6 Å². The molecule has 2 aliphatic heterocycles. The number of nitrogens with zero attached hydrogens (tertiary/aromatic N) is 1. The molecule has 0 spiro atoms. The lowest BCUT2D eigenvalue weighted by atomic mass is 9.79. The fraction of sp³-hybridized carbons (Fsp3) is 0.450. The lowest BCUT2D eigenvalue weighted by Crippen LogP contribution is -2.60. The Kier molecular flexibility index (Phi) is 9.99. The molecule has 10 nitrogen and oxygen atoms in total. The van der Waals surface area contributed by atoms with Crippen LogP contribution < -0.4 is 20.7 Å². The van der Waals surface area contributed by atoms with Gasteiger partial charge in [0.2, 0.25) is 5.79 Å². The highest BCUT2D eigenvalue weighted by Crippen LogP contribution is 2.54. The normalized spacial score (nSPS) is 23.6. The van der Waals surface area contributed by atoms with Crippen molar-refractivity contribution < 1.29 is 28.1 Å². The monoisotopic (exact) mass is 714 g/mol. The Bertz CT molecular complexity index is 1890. The summed E-state index contributed by atoms with van der Waals surface area (Å²) in [5, 5.41) is -0.129. The molecule has 5 atom stereocenters. The molecule has 272 valence electrons. The van der Waals surface area contributed by atoms with E-state index in [2.05, 4.69) is 45.8 Å². The first-order valence-corrected chi connectivity index (χ1v) is 20.4. The zero-order chi connectivity index (χ0) is 36.8. The zero-order valence-electron chi connectivity index (χ0n) is 31.0. The molecule has 0 amide bonds. The van der Waals surface area contributed by atoms with Crippen LogP contribution in [0.1, 0.15) is 56.2 Å². The molecule has 2 saturated heterocycles. The molecule has 1 N–H and O–H groups in total. The van der Waals surface area contributed by atoms with Crippen LogP contribution in [-0.4, -0.2) is 57.2 Å². The van der Waals surface area contributed by atoms with Crippen LogP contribution in [0, 0.1) is 18.8 Å². The molecule has 0 radical (unpaired) electrons. The van der Waals surface area contributed by atoms with Crippen molar-refractivity contribution in [3.8, 4) is 11.5 Å². The Morgan fingerprint density at radius 1 is 0.882 bits per heavy atom. The number of nitrogens with one attached hydrogen (secondary N) is 1. The second-order valence-electron chi connectivity index (χ2n) is 15.3. The van der Waals surface area contributed by atoms with Gasteiger partial charge in [-0.25, -0.2) is 4.79 Å². The van der Waals surface area contributed by atoms with Crippen molar-refractivity contribution in [1.29, 1.82) is 0 Å². The summed E-state index contributed by atoms with van der Waals surface area (Å²) in [7, 11) is 0.829. The predicted octanol–water partition coefficient (Wildman–Crippen LogP) is 6.77. The number of H-pyrrole nitrogens is 1. The first kappa shape index (κ1) is 36.8. The van der Waals surface area contributed by atoms with Crippen molar-refractivity contribution >= 4 is 8.32 Å². The maximum Gasteiger partial charge on any atom is 0.330 e. The van der Waals surface area contributed by atoms with Crippen LogP contribution in [0.25, 0.3) is 0 Å². The predicted molar refractivity (Wildman–Crippen MR) is 198 cm³/mol. The third kappa shape index (κ3) is 6.62. The van der Waals surface area contributed by atoms with E-state index in [1.807, 2.05) is 78.9 Å². The molecule has 51 heavy (non-hydrogen) atoms. The molecule has 3 aromatic carbocycles. The minimum Gasteiger partial charge on any atom is -0.497 e. The van der Waals surface area contributed by atoms with Crippen LogP contribution >= 0.6 is 0 Å². The maximum atomic E-state index is 13.4. The van der Waals surface area contributed by atoms with Gasteiger partial charge in [0.05, 0.1) is 20.8 Å². The SMILES string of the molecule is COc1ccc(C(OC[C@@]23OC[C@@H](C)[C@@H]([C@H](n4cc(C)c(=O)[nH]c4=O)O2)[C@@H]3O[Si](C)(C)C(C)(C)C)(c2ccccc2)c2ccc(OC)cc2)cc1. The van der Waals surface area contributed by atoms with Gasteiger partial charge in [-0.15, -0.1) is 0 Å². The Balaban J connectivity index is 1.54. The van der Waals surface area contributed by atoms with E-state index in [9.17, 15) is 9.59 Å². The number of hydrogen-bond donors (Lipinski definition) is 1. The molecular formula is C40H50N2O8Si. The summed E-state index contributed by atoms with van der Waals surface area (Å²) in [6, 6.07) is 25.7. The highest BCUT2D eigenvalue weighted by Gasteiger charge is 2.65. The second-order valence-corrected chi connectivity index (χ2v) is 20.0. The highest BCUT2D eigenvalue weighted by atomic mass is 28.4. The van der Waals surface area contributed by atoms with E-state index in [0.717, 1.165) is 16.7 Å². The number of aromatic amines is 1. The lowest BCUT2D eigenvalue weighted by Gasteiger charge is -2.48. The second kappa shape index (κ2) is 13.9.